The summed E-state index contributed by atoms with van der Waals surface area (Å²) in [7, 11) is 0. The number of rotatable bonds is 3. The molecule has 78 valence electrons. The third kappa shape index (κ3) is 2.40. The highest BCUT2D eigenvalue weighted by Crippen LogP contribution is 2.15. The summed E-state index contributed by atoms with van der Waals surface area (Å²) in [5.74, 6) is 1.97. The number of furan rings is 1. The fraction of sp³-hybridized carbons (Fsp3) is 0.231. The molecule has 0 aliphatic carbocycles. The summed E-state index contributed by atoms with van der Waals surface area (Å²) >= 11 is 0. The van der Waals surface area contributed by atoms with E-state index in [9.17, 15) is 0 Å². The number of benzene rings is 1. The van der Waals surface area contributed by atoms with Crippen LogP contribution in [0.25, 0.3) is 0 Å². The lowest BCUT2D eigenvalue weighted by Gasteiger charge is -2.04. The van der Waals surface area contributed by atoms with E-state index >= 15 is 0 Å². The van der Waals surface area contributed by atoms with Crippen molar-refractivity contribution in [1.29, 1.82) is 0 Å². The quantitative estimate of drug-likeness (QED) is 0.822. The highest BCUT2D eigenvalue weighted by atomic mass is 16.3. The van der Waals surface area contributed by atoms with E-state index in [2.05, 4.69) is 23.5 Å². The van der Waals surface area contributed by atoms with E-state index in [0.717, 1.165) is 23.8 Å². The number of para-hydroxylation sites is 1. The van der Waals surface area contributed by atoms with Gasteiger partial charge in [-0.2, -0.15) is 0 Å². The lowest BCUT2D eigenvalue weighted by atomic mass is 10.2. The Morgan fingerprint density at radius 2 is 1.87 bits per heavy atom. The molecule has 1 aromatic carbocycles. The van der Waals surface area contributed by atoms with Crippen molar-refractivity contribution in [1.82, 2.24) is 0 Å². The molecule has 0 radical (unpaired) electrons. The van der Waals surface area contributed by atoms with Gasteiger partial charge in [-0.3, -0.25) is 0 Å². The largest absolute Gasteiger partial charge is 0.466 e. The van der Waals surface area contributed by atoms with Crippen molar-refractivity contribution in [3.63, 3.8) is 0 Å². The molecule has 0 spiro atoms. The summed E-state index contributed by atoms with van der Waals surface area (Å²) in [6.07, 6.45) is 0. The molecular weight excluding hydrogens is 186 g/mol. The van der Waals surface area contributed by atoms with Gasteiger partial charge in [0, 0.05) is 17.8 Å². The zero-order valence-corrected chi connectivity index (χ0v) is 9.08. The summed E-state index contributed by atoms with van der Waals surface area (Å²) in [6, 6.07) is 12.2. The zero-order chi connectivity index (χ0) is 10.7. The third-order valence-electron chi connectivity index (χ3n) is 2.40. The van der Waals surface area contributed by atoms with Crippen LogP contribution in [0.4, 0.5) is 5.69 Å². The first-order chi connectivity index (χ1) is 7.25. The van der Waals surface area contributed by atoms with Crippen LogP contribution in [0, 0.1) is 13.8 Å². The van der Waals surface area contributed by atoms with Crippen molar-refractivity contribution >= 4 is 5.69 Å². The first-order valence-corrected chi connectivity index (χ1v) is 5.10. The lowest BCUT2D eigenvalue weighted by Crippen LogP contribution is -1.98. The van der Waals surface area contributed by atoms with E-state index in [1.54, 1.807) is 0 Å². The SMILES string of the molecule is Cc1cc(CNc2ccccc2)c(C)o1. The van der Waals surface area contributed by atoms with Crippen LogP contribution in [0.5, 0.6) is 0 Å². The first-order valence-electron chi connectivity index (χ1n) is 5.10. The lowest BCUT2D eigenvalue weighted by molar-refractivity contribution is 0.501. The molecule has 2 rings (SSSR count). The summed E-state index contributed by atoms with van der Waals surface area (Å²) in [5, 5.41) is 3.36. The molecule has 2 aromatic rings. The third-order valence-corrected chi connectivity index (χ3v) is 2.40. The Kier molecular flexibility index (Phi) is 2.77. The van der Waals surface area contributed by atoms with Crippen molar-refractivity contribution < 1.29 is 4.42 Å². The molecule has 0 atom stereocenters. The first kappa shape index (κ1) is 9.84. The predicted molar refractivity (Wildman–Crippen MR) is 62.0 cm³/mol. The number of hydrogen-bond donors (Lipinski definition) is 1. The smallest absolute Gasteiger partial charge is 0.106 e. The summed E-state index contributed by atoms with van der Waals surface area (Å²) in [5.41, 5.74) is 2.35. The molecule has 15 heavy (non-hydrogen) atoms. The van der Waals surface area contributed by atoms with Crippen LogP contribution < -0.4 is 5.32 Å². The molecule has 0 aliphatic heterocycles. The number of hydrogen-bond acceptors (Lipinski definition) is 2. The monoisotopic (exact) mass is 201 g/mol. The Morgan fingerprint density at radius 1 is 1.13 bits per heavy atom. The topological polar surface area (TPSA) is 25.2 Å². The van der Waals surface area contributed by atoms with Gasteiger partial charge in [0.15, 0.2) is 0 Å². The average molecular weight is 201 g/mol. The van der Waals surface area contributed by atoms with Crippen molar-refractivity contribution in [3.05, 3.63) is 53.5 Å². The van der Waals surface area contributed by atoms with Crippen LogP contribution in [0.2, 0.25) is 0 Å². The molecule has 0 bridgehead atoms. The Morgan fingerprint density at radius 3 is 2.47 bits per heavy atom. The van der Waals surface area contributed by atoms with Gasteiger partial charge in [-0.15, -0.1) is 0 Å². The molecule has 2 heteroatoms. The van der Waals surface area contributed by atoms with Crippen LogP contribution in [0.15, 0.2) is 40.8 Å². The van der Waals surface area contributed by atoms with Gasteiger partial charge in [0.2, 0.25) is 0 Å². The van der Waals surface area contributed by atoms with Gasteiger partial charge in [0.1, 0.15) is 11.5 Å². The average Bonchev–Trinajstić information content (AvgIpc) is 2.56. The highest BCUT2D eigenvalue weighted by Gasteiger charge is 2.03. The summed E-state index contributed by atoms with van der Waals surface area (Å²) < 4.78 is 5.46. The maximum Gasteiger partial charge on any atom is 0.106 e. The van der Waals surface area contributed by atoms with Gasteiger partial charge in [-0.25, -0.2) is 0 Å². The van der Waals surface area contributed by atoms with E-state index in [1.165, 1.54) is 5.56 Å². The molecule has 1 aromatic heterocycles. The molecule has 0 aliphatic rings. The fourth-order valence-electron chi connectivity index (χ4n) is 1.61. The second-order valence-electron chi connectivity index (χ2n) is 3.66. The Labute approximate surface area is 89.9 Å². The van der Waals surface area contributed by atoms with E-state index in [-0.39, 0.29) is 0 Å². The van der Waals surface area contributed by atoms with Crippen LogP contribution in [0.3, 0.4) is 0 Å². The number of nitrogens with one attached hydrogen (secondary N) is 1. The van der Waals surface area contributed by atoms with Gasteiger partial charge in [-0.05, 0) is 32.0 Å². The Hall–Kier alpha value is -1.70. The molecule has 0 unspecified atom stereocenters. The van der Waals surface area contributed by atoms with E-state index in [4.69, 9.17) is 4.42 Å². The molecule has 1 N–H and O–H groups in total. The maximum atomic E-state index is 5.46. The van der Waals surface area contributed by atoms with E-state index in [0.29, 0.717) is 0 Å². The van der Waals surface area contributed by atoms with Gasteiger partial charge in [0.05, 0.1) is 0 Å². The maximum absolute atomic E-state index is 5.46. The fourth-order valence-corrected chi connectivity index (χ4v) is 1.61. The van der Waals surface area contributed by atoms with Crippen molar-refractivity contribution in [2.75, 3.05) is 5.32 Å². The minimum Gasteiger partial charge on any atom is -0.466 e. The normalized spacial score (nSPS) is 10.3. The predicted octanol–water partition coefficient (Wildman–Crippen LogP) is 3.51. The van der Waals surface area contributed by atoms with Crippen LogP contribution >= 0.6 is 0 Å². The Bertz CT molecular complexity index is 431. The second-order valence-corrected chi connectivity index (χ2v) is 3.66. The molecule has 1 heterocycles. The minimum atomic E-state index is 0.813. The van der Waals surface area contributed by atoms with Crippen molar-refractivity contribution in [3.8, 4) is 0 Å². The molecular formula is C13H15NO. The van der Waals surface area contributed by atoms with Crippen molar-refractivity contribution in [2.24, 2.45) is 0 Å². The molecule has 2 nitrogen and oxygen atoms in total. The van der Waals surface area contributed by atoms with Gasteiger partial charge in [-0.1, -0.05) is 18.2 Å². The summed E-state index contributed by atoms with van der Waals surface area (Å²) in [4.78, 5) is 0. The van der Waals surface area contributed by atoms with Crippen LogP contribution in [-0.4, -0.2) is 0 Å². The minimum absolute atomic E-state index is 0.813. The molecule has 0 amide bonds. The van der Waals surface area contributed by atoms with E-state index in [1.807, 2.05) is 32.0 Å². The van der Waals surface area contributed by atoms with Crippen molar-refractivity contribution in [2.45, 2.75) is 20.4 Å². The zero-order valence-electron chi connectivity index (χ0n) is 9.08. The van der Waals surface area contributed by atoms with Gasteiger partial charge < -0.3 is 9.73 Å². The van der Waals surface area contributed by atoms with Crippen LogP contribution in [-0.2, 0) is 6.54 Å². The highest BCUT2D eigenvalue weighted by molar-refractivity contribution is 5.43. The molecule has 0 fully saturated rings. The van der Waals surface area contributed by atoms with Gasteiger partial charge >= 0.3 is 0 Å². The Balaban J connectivity index is 2.02. The van der Waals surface area contributed by atoms with E-state index < -0.39 is 0 Å². The molecule has 0 saturated heterocycles. The number of aryl methyl sites for hydroxylation is 2. The van der Waals surface area contributed by atoms with Gasteiger partial charge in [0.25, 0.3) is 0 Å². The standard InChI is InChI=1S/C13H15NO/c1-10-8-12(11(2)15-10)9-14-13-6-4-3-5-7-13/h3-8,14H,9H2,1-2H3. The number of anilines is 1. The molecule has 0 saturated carbocycles. The van der Waals surface area contributed by atoms with Crippen LogP contribution in [0.1, 0.15) is 17.1 Å². The second kappa shape index (κ2) is 4.22. The summed E-state index contributed by atoms with van der Waals surface area (Å²) in [6.45, 7) is 4.78.